The van der Waals surface area contributed by atoms with E-state index in [1.165, 1.54) is 0 Å². The maximum Gasteiger partial charge on any atom is 0.223 e. The average molecular weight is 377 g/mol. The number of hydrogen-bond acceptors (Lipinski definition) is 5. The Labute approximate surface area is 159 Å². The largest absolute Gasteiger partial charge is 0.490 e. The van der Waals surface area contributed by atoms with Gasteiger partial charge in [-0.3, -0.25) is 4.79 Å². The minimum absolute atomic E-state index is 0.305. The molecule has 6 heteroatoms. The van der Waals surface area contributed by atoms with Gasteiger partial charge in [0, 0.05) is 36.6 Å². The fourth-order valence-corrected chi connectivity index (χ4v) is 4.98. The van der Waals surface area contributed by atoms with E-state index in [4.69, 9.17) is 9.47 Å². The molecule has 1 N–H and O–H groups in total. The smallest absolute Gasteiger partial charge is 0.223 e. The highest BCUT2D eigenvalue weighted by molar-refractivity contribution is 7.99. The Kier molecular flexibility index (Phi) is 5.90. The highest BCUT2D eigenvalue weighted by Crippen LogP contribution is 2.34. The molecule has 3 aliphatic rings. The molecule has 1 amide bonds. The Hall–Kier alpha value is -1.40. The summed E-state index contributed by atoms with van der Waals surface area (Å²) < 4.78 is 11.4. The summed E-state index contributed by atoms with van der Waals surface area (Å²) in [6, 6.07) is 6.07. The van der Waals surface area contributed by atoms with E-state index in [1.54, 1.807) is 11.8 Å². The van der Waals surface area contributed by atoms with Crippen molar-refractivity contribution >= 4 is 17.7 Å². The van der Waals surface area contributed by atoms with E-state index in [2.05, 4.69) is 16.3 Å². The molecule has 0 radical (unpaired) electrons. The molecular weight excluding hydrogens is 348 g/mol. The van der Waals surface area contributed by atoms with Gasteiger partial charge in [0.15, 0.2) is 11.5 Å². The van der Waals surface area contributed by atoms with Crippen molar-refractivity contribution in [1.29, 1.82) is 0 Å². The van der Waals surface area contributed by atoms with Crippen molar-refractivity contribution in [3.05, 3.63) is 18.2 Å². The summed E-state index contributed by atoms with van der Waals surface area (Å²) in [6.07, 6.45) is 3.82. The van der Waals surface area contributed by atoms with Crippen LogP contribution in [0.4, 0.5) is 0 Å². The summed E-state index contributed by atoms with van der Waals surface area (Å²) in [5.74, 6) is 4.30. The molecule has 26 heavy (non-hydrogen) atoms. The molecule has 0 aromatic heterocycles. The van der Waals surface area contributed by atoms with E-state index in [0.717, 1.165) is 79.4 Å². The zero-order valence-electron chi connectivity index (χ0n) is 15.2. The van der Waals surface area contributed by atoms with Crippen LogP contribution < -0.4 is 14.8 Å². The number of amides is 1. The first kappa shape index (κ1) is 18.0. The number of nitrogens with one attached hydrogen (secondary N) is 1. The van der Waals surface area contributed by atoms with E-state index in [9.17, 15) is 4.79 Å². The molecule has 1 aromatic carbocycles. The van der Waals surface area contributed by atoms with Crippen molar-refractivity contribution in [3.8, 4) is 11.5 Å². The second-order valence-corrected chi connectivity index (χ2v) is 8.56. The molecule has 2 saturated heterocycles. The monoisotopic (exact) mass is 376 g/mol. The Balaban J connectivity index is 1.25. The molecule has 1 aromatic rings. The van der Waals surface area contributed by atoms with Crippen molar-refractivity contribution in [2.24, 2.45) is 11.8 Å². The van der Waals surface area contributed by atoms with Gasteiger partial charge >= 0.3 is 0 Å². The molecule has 0 unspecified atom stereocenters. The Morgan fingerprint density at radius 3 is 2.62 bits per heavy atom. The minimum Gasteiger partial charge on any atom is -0.490 e. The van der Waals surface area contributed by atoms with Gasteiger partial charge in [-0.25, -0.2) is 0 Å². The second-order valence-electron chi connectivity index (χ2n) is 7.39. The average Bonchev–Trinajstić information content (AvgIpc) is 2.85. The summed E-state index contributed by atoms with van der Waals surface area (Å²) in [6.45, 7) is 5.53. The summed E-state index contributed by atoms with van der Waals surface area (Å²) >= 11 is 1.72. The SMILES string of the molecule is O=C(CCSc1ccc2c(c1)OCCCO2)N1CC[C@@H]2CNC[C@@H]2CC1. The number of likely N-dealkylation sites (tertiary alicyclic amines) is 1. The molecule has 0 aliphatic carbocycles. The lowest BCUT2D eigenvalue weighted by Crippen LogP contribution is -2.32. The maximum absolute atomic E-state index is 12.6. The lowest BCUT2D eigenvalue weighted by molar-refractivity contribution is -0.130. The van der Waals surface area contributed by atoms with Crippen LogP contribution in [0.25, 0.3) is 0 Å². The number of thioether (sulfide) groups is 1. The quantitative estimate of drug-likeness (QED) is 0.819. The van der Waals surface area contributed by atoms with Crippen LogP contribution in [0.1, 0.15) is 25.7 Å². The molecule has 0 bridgehead atoms. The van der Waals surface area contributed by atoms with Gasteiger partial charge in [-0.05, 0) is 56.0 Å². The molecular formula is C20H28N2O3S. The van der Waals surface area contributed by atoms with Gasteiger partial charge in [-0.1, -0.05) is 0 Å². The minimum atomic E-state index is 0.305. The second kappa shape index (κ2) is 8.53. The van der Waals surface area contributed by atoms with Crippen LogP contribution in [0.3, 0.4) is 0 Å². The van der Waals surface area contributed by atoms with Gasteiger partial charge < -0.3 is 19.7 Å². The van der Waals surface area contributed by atoms with Gasteiger partial charge in [-0.2, -0.15) is 0 Å². The maximum atomic E-state index is 12.6. The predicted octanol–water partition coefficient (Wildman–Crippen LogP) is 2.79. The van der Waals surface area contributed by atoms with Crippen molar-refractivity contribution in [2.45, 2.75) is 30.6 Å². The number of ether oxygens (including phenoxy) is 2. The molecule has 2 atom stereocenters. The number of carbonyl (C=O) groups is 1. The van der Waals surface area contributed by atoms with Crippen LogP contribution in [-0.2, 0) is 4.79 Å². The molecule has 2 fully saturated rings. The fraction of sp³-hybridized carbons (Fsp3) is 0.650. The molecule has 0 spiro atoms. The molecule has 3 heterocycles. The molecule has 5 nitrogen and oxygen atoms in total. The van der Waals surface area contributed by atoms with Crippen LogP contribution in [0.15, 0.2) is 23.1 Å². The summed E-state index contributed by atoms with van der Waals surface area (Å²) in [7, 11) is 0. The van der Waals surface area contributed by atoms with Gasteiger partial charge in [0.2, 0.25) is 5.91 Å². The third kappa shape index (κ3) is 4.29. The standard InChI is InChI=1S/C20H28N2O3S/c23-20(22-7-4-15-13-21-14-16(15)5-8-22)6-11-26-17-2-3-18-19(12-17)25-10-1-9-24-18/h2-3,12,15-16,21H,1,4-11,13-14H2/t15-,16+. The number of carbonyl (C=O) groups excluding carboxylic acids is 1. The number of rotatable bonds is 4. The Morgan fingerprint density at radius 2 is 1.85 bits per heavy atom. The number of fused-ring (bicyclic) bond motifs is 2. The summed E-state index contributed by atoms with van der Waals surface area (Å²) in [4.78, 5) is 15.8. The van der Waals surface area contributed by atoms with E-state index >= 15 is 0 Å². The van der Waals surface area contributed by atoms with Crippen molar-refractivity contribution in [3.63, 3.8) is 0 Å². The predicted molar refractivity (Wildman–Crippen MR) is 103 cm³/mol. The topological polar surface area (TPSA) is 50.8 Å². The van der Waals surface area contributed by atoms with E-state index in [-0.39, 0.29) is 0 Å². The van der Waals surface area contributed by atoms with E-state index in [0.29, 0.717) is 25.5 Å². The summed E-state index contributed by atoms with van der Waals surface area (Å²) in [5.41, 5.74) is 0. The normalized spacial score (nSPS) is 25.3. The number of benzene rings is 1. The van der Waals surface area contributed by atoms with Crippen molar-refractivity contribution in [1.82, 2.24) is 10.2 Å². The van der Waals surface area contributed by atoms with E-state index in [1.807, 2.05) is 12.1 Å². The third-order valence-corrected chi connectivity index (χ3v) is 6.67. The molecule has 0 saturated carbocycles. The molecule has 142 valence electrons. The van der Waals surface area contributed by atoms with Crippen molar-refractivity contribution < 1.29 is 14.3 Å². The van der Waals surface area contributed by atoms with Gasteiger partial charge in [-0.15, -0.1) is 11.8 Å². The van der Waals surface area contributed by atoms with Gasteiger partial charge in [0.25, 0.3) is 0 Å². The summed E-state index contributed by atoms with van der Waals surface area (Å²) in [5, 5.41) is 3.49. The highest BCUT2D eigenvalue weighted by atomic mass is 32.2. The number of hydrogen-bond donors (Lipinski definition) is 1. The van der Waals surface area contributed by atoms with Crippen LogP contribution in [0.2, 0.25) is 0 Å². The lowest BCUT2D eigenvalue weighted by atomic mass is 9.92. The van der Waals surface area contributed by atoms with Gasteiger partial charge in [0.05, 0.1) is 13.2 Å². The Bertz CT molecular complexity index is 625. The van der Waals surface area contributed by atoms with Gasteiger partial charge in [0.1, 0.15) is 0 Å². The zero-order chi connectivity index (χ0) is 17.8. The third-order valence-electron chi connectivity index (χ3n) is 5.68. The zero-order valence-corrected chi connectivity index (χ0v) is 16.1. The van der Waals surface area contributed by atoms with Crippen LogP contribution in [0.5, 0.6) is 11.5 Å². The molecule has 4 rings (SSSR count). The first-order valence-electron chi connectivity index (χ1n) is 9.80. The van der Waals surface area contributed by atoms with E-state index < -0.39 is 0 Å². The fourth-order valence-electron chi connectivity index (χ4n) is 4.12. The Morgan fingerprint density at radius 1 is 1.12 bits per heavy atom. The van der Waals surface area contributed by atoms with Crippen LogP contribution >= 0.6 is 11.8 Å². The first-order chi connectivity index (χ1) is 12.8. The highest BCUT2D eigenvalue weighted by Gasteiger charge is 2.31. The van der Waals surface area contributed by atoms with Crippen LogP contribution in [-0.4, -0.2) is 56.0 Å². The molecule has 3 aliphatic heterocycles. The first-order valence-corrected chi connectivity index (χ1v) is 10.8. The lowest BCUT2D eigenvalue weighted by Gasteiger charge is -2.21. The number of nitrogens with zero attached hydrogens (tertiary/aromatic N) is 1. The van der Waals surface area contributed by atoms with Crippen molar-refractivity contribution in [2.75, 3.05) is 45.1 Å². The van der Waals surface area contributed by atoms with Crippen LogP contribution in [0, 0.1) is 11.8 Å².